The molecule has 1 unspecified atom stereocenters. The molecule has 3 amide bonds. The van der Waals surface area contributed by atoms with Gasteiger partial charge in [0.2, 0.25) is 5.91 Å². The maximum Gasteiger partial charge on any atom is 0.410 e. The average Bonchev–Trinajstić information content (AvgIpc) is 2.72. The summed E-state index contributed by atoms with van der Waals surface area (Å²) >= 11 is 0. The van der Waals surface area contributed by atoms with Crippen LogP contribution < -0.4 is 0 Å². The van der Waals surface area contributed by atoms with E-state index in [1.807, 2.05) is 56.0 Å². The van der Waals surface area contributed by atoms with Crippen molar-refractivity contribution in [3.05, 3.63) is 35.9 Å². The molecule has 1 aromatic carbocycles. The average molecular weight is 402 g/mol. The smallest absolute Gasteiger partial charge is 0.410 e. The number of hydrogen-bond donors (Lipinski definition) is 0. The fourth-order valence-electron chi connectivity index (χ4n) is 3.82. The molecule has 7 heteroatoms. The van der Waals surface area contributed by atoms with E-state index in [4.69, 9.17) is 4.74 Å². The van der Waals surface area contributed by atoms with E-state index in [2.05, 4.69) is 0 Å². The molecule has 7 nitrogen and oxygen atoms in total. The predicted octanol–water partition coefficient (Wildman–Crippen LogP) is 2.62. The molecule has 158 valence electrons. The molecule has 2 fully saturated rings. The molecular weight excluding hydrogens is 370 g/mol. The maximum atomic E-state index is 13.0. The Balaban J connectivity index is 1.52. The Labute approximate surface area is 172 Å². The van der Waals surface area contributed by atoms with Crippen LogP contribution in [-0.4, -0.2) is 77.5 Å². The van der Waals surface area contributed by atoms with Crippen molar-refractivity contribution in [1.82, 2.24) is 14.7 Å². The third-order valence-corrected chi connectivity index (χ3v) is 5.32. The molecule has 1 atom stereocenters. The second-order valence-corrected chi connectivity index (χ2v) is 8.75. The molecule has 0 radical (unpaired) electrons. The van der Waals surface area contributed by atoms with Crippen LogP contribution in [0.3, 0.4) is 0 Å². The SMILES string of the molecule is CC(C)(C)OC(=O)N1CCCC(C(=O)N2CCN(C(=O)c3ccccc3)CC2)C1. The van der Waals surface area contributed by atoms with Gasteiger partial charge in [0.05, 0.1) is 5.92 Å². The molecule has 2 aliphatic rings. The monoisotopic (exact) mass is 401 g/mol. The van der Waals surface area contributed by atoms with Crippen LogP contribution >= 0.6 is 0 Å². The van der Waals surface area contributed by atoms with Gasteiger partial charge in [0.1, 0.15) is 5.60 Å². The van der Waals surface area contributed by atoms with Gasteiger partial charge in [-0.25, -0.2) is 4.79 Å². The highest BCUT2D eigenvalue weighted by Crippen LogP contribution is 2.22. The molecular formula is C22H31N3O4. The van der Waals surface area contributed by atoms with Crippen LogP contribution in [0.15, 0.2) is 30.3 Å². The quantitative estimate of drug-likeness (QED) is 0.764. The Bertz CT molecular complexity index is 736. The molecule has 29 heavy (non-hydrogen) atoms. The molecule has 1 aromatic rings. The van der Waals surface area contributed by atoms with Gasteiger partial charge in [-0.2, -0.15) is 0 Å². The molecule has 0 aliphatic carbocycles. The molecule has 2 heterocycles. The summed E-state index contributed by atoms with van der Waals surface area (Å²) in [6.45, 7) is 8.66. The Hall–Kier alpha value is -2.57. The highest BCUT2D eigenvalue weighted by atomic mass is 16.6. The number of carbonyl (C=O) groups excluding carboxylic acids is 3. The van der Waals surface area contributed by atoms with E-state index in [1.54, 1.807) is 9.80 Å². The maximum absolute atomic E-state index is 13.0. The summed E-state index contributed by atoms with van der Waals surface area (Å²) in [7, 11) is 0. The number of hydrogen-bond acceptors (Lipinski definition) is 4. The summed E-state index contributed by atoms with van der Waals surface area (Å²) in [6, 6.07) is 9.22. The lowest BCUT2D eigenvalue weighted by molar-refractivity contribution is -0.138. The summed E-state index contributed by atoms with van der Waals surface area (Å²) in [5.74, 6) is -0.121. The third-order valence-electron chi connectivity index (χ3n) is 5.32. The number of carbonyl (C=O) groups is 3. The minimum Gasteiger partial charge on any atom is -0.444 e. The van der Waals surface area contributed by atoms with E-state index >= 15 is 0 Å². The minimum atomic E-state index is -0.546. The van der Waals surface area contributed by atoms with Gasteiger partial charge in [-0.15, -0.1) is 0 Å². The summed E-state index contributed by atoms with van der Waals surface area (Å²) in [4.78, 5) is 43.2. The molecule has 2 aliphatic heterocycles. The Morgan fingerprint density at radius 3 is 2.14 bits per heavy atom. The van der Waals surface area contributed by atoms with Gasteiger partial charge >= 0.3 is 6.09 Å². The third kappa shape index (κ3) is 5.49. The van der Waals surface area contributed by atoms with Gasteiger partial charge in [0.25, 0.3) is 5.91 Å². The van der Waals surface area contributed by atoms with Crippen LogP contribution in [0.4, 0.5) is 4.79 Å². The first-order valence-corrected chi connectivity index (χ1v) is 10.4. The minimum absolute atomic E-state index is 0.00599. The summed E-state index contributed by atoms with van der Waals surface area (Å²) in [5.41, 5.74) is 0.128. The summed E-state index contributed by atoms with van der Waals surface area (Å²) in [6.07, 6.45) is 1.22. The Kier molecular flexibility index (Phi) is 6.45. The van der Waals surface area contributed by atoms with E-state index in [-0.39, 0.29) is 23.8 Å². The molecule has 0 N–H and O–H groups in total. The molecule has 3 rings (SSSR count). The van der Waals surface area contributed by atoms with Gasteiger partial charge in [0, 0.05) is 44.8 Å². The zero-order valence-electron chi connectivity index (χ0n) is 17.6. The number of benzene rings is 1. The summed E-state index contributed by atoms with van der Waals surface area (Å²) < 4.78 is 5.45. The Morgan fingerprint density at radius 1 is 0.897 bits per heavy atom. The lowest BCUT2D eigenvalue weighted by Gasteiger charge is -2.39. The first-order chi connectivity index (χ1) is 13.7. The highest BCUT2D eigenvalue weighted by Gasteiger charge is 2.34. The van der Waals surface area contributed by atoms with E-state index < -0.39 is 5.60 Å². The normalized spacial score (nSPS) is 20.4. The van der Waals surface area contributed by atoms with E-state index in [1.165, 1.54) is 0 Å². The van der Waals surface area contributed by atoms with Crippen molar-refractivity contribution >= 4 is 17.9 Å². The van der Waals surface area contributed by atoms with Crippen LogP contribution in [0.2, 0.25) is 0 Å². The van der Waals surface area contributed by atoms with Crippen molar-refractivity contribution in [2.45, 2.75) is 39.2 Å². The molecule has 0 saturated carbocycles. The van der Waals surface area contributed by atoms with Crippen LogP contribution in [0.5, 0.6) is 0 Å². The van der Waals surface area contributed by atoms with Crippen molar-refractivity contribution in [3.63, 3.8) is 0 Å². The number of nitrogens with zero attached hydrogens (tertiary/aromatic N) is 3. The van der Waals surface area contributed by atoms with Crippen LogP contribution in [0.1, 0.15) is 44.0 Å². The van der Waals surface area contributed by atoms with Gasteiger partial charge in [-0.05, 0) is 45.7 Å². The zero-order chi connectivity index (χ0) is 21.0. The van der Waals surface area contributed by atoms with E-state index in [0.29, 0.717) is 44.8 Å². The van der Waals surface area contributed by atoms with Gasteiger partial charge in [0.15, 0.2) is 0 Å². The molecule has 0 bridgehead atoms. The molecule has 0 spiro atoms. The van der Waals surface area contributed by atoms with Gasteiger partial charge in [-0.1, -0.05) is 18.2 Å². The van der Waals surface area contributed by atoms with E-state index in [9.17, 15) is 14.4 Å². The van der Waals surface area contributed by atoms with E-state index in [0.717, 1.165) is 12.8 Å². The number of piperidine rings is 1. The van der Waals surface area contributed by atoms with Gasteiger partial charge < -0.3 is 19.4 Å². The lowest BCUT2D eigenvalue weighted by atomic mass is 9.96. The van der Waals surface area contributed by atoms with Crippen LogP contribution in [0.25, 0.3) is 0 Å². The zero-order valence-corrected chi connectivity index (χ0v) is 17.6. The standard InChI is InChI=1S/C22H31N3O4/c1-22(2,3)29-21(28)25-11-7-10-18(16-25)20(27)24-14-12-23(13-15-24)19(26)17-8-5-4-6-9-17/h4-6,8-9,18H,7,10-16H2,1-3H3. The number of likely N-dealkylation sites (tertiary alicyclic amines) is 1. The number of amides is 3. The lowest BCUT2D eigenvalue weighted by Crippen LogP contribution is -2.54. The van der Waals surface area contributed by atoms with Crippen LogP contribution in [-0.2, 0) is 9.53 Å². The first kappa shape index (κ1) is 21.1. The summed E-state index contributed by atoms with van der Waals surface area (Å²) in [5, 5.41) is 0. The first-order valence-electron chi connectivity index (χ1n) is 10.4. The number of ether oxygens (including phenoxy) is 1. The number of rotatable bonds is 2. The number of piperazine rings is 1. The Morgan fingerprint density at radius 2 is 1.52 bits per heavy atom. The largest absolute Gasteiger partial charge is 0.444 e. The fourth-order valence-corrected chi connectivity index (χ4v) is 3.82. The second kappa shape index (κ2) is 8.84. The van der Waals surface area contributed by atoms with Gasteiger partial charge in [-0.3, -0.25) is 9.59 Å². The topological polar surface area (TPSA) is 70.2 Å². The van der Waals surface area contributed by atoms with Crippen molar-refractivity contribution in [2.24, 2.45) is 5.92 Å². The molecule has 0 aromatic heterocycles. The molecule has 2 saturated heterocycles. The van der Waals surface area contributed by atoms with Crippen molar-refractivity contribution < 1.29 is 19.1 Å². The highest BCUT2D eigenvalue weighted by molar-refractivity contribution is 5.94. The van der Waals surface area contributed by atoms with Crippen molar-refractivity contribution in [3.8, 4) is 0 Å². The second-order valence-electron chi connectivity index (χ2n) is 8.75. The fraction of sp³-hybridized carbons (Fsp3) is 0.591. The van der Waals surface area contributed by atoms with Crippen LogP contribution in [0, 0.1) is 5.92 Å². The van der Waals surface area contributed by atoms with Crippen molar-refractivity contribution in [2.75, 3.05) is 39.3 Å². The van der Waals surface area contributed by atoms with Crippen molar-refractivity contribution in [1.29, 1.82) is 0 Å². The predicted molar refractivity (Wildman–Crippen MR) is 109 cm³/mol.